The van der Waals surface area contributed by atoms with Crippen molar-refractivity contribution in [1.82, 2.24) is 15.6 Å². The molecule has 2 aromatic rings. The van der Waals surface area contributed by atoms with Crippen LogP contribution >= 0.6 is 46.7 Å². The molecule has 0 amide bonds. The lowest BCUT2D eigenvalue weighted by Gasteiger charge is -2.15. The number of guanidine groups is 1. The number of hydrogen-bond acceptors (Lipinski definition) is 4. The predicted molar refractivity (Wildman–Crippen MR) is 108 cm³/mol. The Hall–Kier alpha value is -0.670. The summed E-state index contributed by atoms with van der Waals surface area (Å²) in [5, 5.41) is 9.94. The lowest BCUT2D eigenvalue weighted by atomic mass is 10.1. The lowest BCUT2D eigenvalue weighted by Crippen LogP contribution is -2.39. The molecule has 122 valence electrons. The van der Waals surface area contributed by atoms with Gasteiger partial charge in [-0.15, -0.1) is 46.7 Å². The van der Waals surface area contributed by atoms with E-state index in [1.165, 1.54) is 9.75 Å². The minimum absolute atomic E-state index is 0. The highest BCUT2D eigenvalue weighted by Gasteiger charge is 2.06. The first-order valence-corrected chi connectivity index (χ1v) is 8.75. The maximum absolute atomic E-state index is 4.26. The number of aryl methyl sites for hydroxylation is 1. The fraction of sp³-hybridized carbons (Fsp3) is 0.467. The number of thiazole rings is 1. The number of nitrogens with zero attached hydrogens (tertiary/aromatic N) is 2. The average Bonchev–Trinajstić information content (AvgIpc) is 3.11. The van der Waals surface area contributed by atoms with Crippen LogP contribution in [0.25, 0.3) is 0 Å². The van der Waals surface area contributed by atoms with Gasteiger partial charge in [-0.05, 0) is 30.7 Å². The van der Waals surface area contributed by atoms with E-state index < -0.39 is 0 Å². The average molecular weight is 450 g/mol. The fourth-order valence-electron chi connectivity index (χ4n) is 1.99. The zero-order chi connectivity index (χ0) is 15.1. The lowest BCUT2D eigenvalue weighted by molar-refractivity contribution is 0.562. The largest absolute Gasteiger partial charge is 0.356 e. The van der Waals surface area contributed by atoms with Crippen LogP contribution in [0.15, 0.2) is 28.7 Å². The normalized spacial score (nSPS) is 12.6. The summed E-state index contributed by atoms with van der Waals surface area (Å²) in [6.07, 6.45) is 3.02. The van der Waals surface area contributed by atoms with Gasteiger partial charge in [0.2, 0.25) is 0 Å². The predicted octanol–water partition coefficient (Wildman–Crippen LogP) is 3.67. The summed E-state index contributed by atoms with van der Waals surface area (Å²) < 4.78 is 0. The van der Waals surface area contributed by atoms with Crippen LogP contribution in [0.2, 0.25) is 0 Å². The number of nitrogens with one attached hydrogen (secondary N) is 2. The highest BCUT2D eigenvalue weighted by atomic mass is 127. The quantitative estimate of drug-likeness (QED) is 0.401. The van der Waals surface area contributed by atoms with Gasteiger partial charge < -0.3 is 10.6 Å². The first-order valence-electron chi connectivity index (χ1n) is 7.05. The van der Waals surface area contributed by atoms with Crippen LogP contribution in [-0.4, -0.2) is 24.5 Å². The van der Waals surface area contributed by atoms with E-state index >= 15 is 0 Å². The van der Waals surface area contributed by atoms with Crippen molar-refractivity contribution in [2.45, 2.75) is 26.8 Å². The van der Waals surface area contributed by atoms with Gasteiger partial charge in [0.05, 0.1) is 11.6 Å². The van der Waals surface area contributed by atoms with Gasteiger partial charge in [-0.25, -0.2) is 4.98 Å². The Labute approximate surface area is 157 Å². The second-order valence-corrected chi connectivity index (χ2v) is 7.39. The van der Waals surface area contributed by atoms with Gasteiger partial charge in [-0.2, -0.15) is 0 Å². The molecule has 0 saturated heterocycles. The summed E-state index contributed by atoms with van der Waals surface area (Å²) >= 11 is 3.53. The third-order valence-electron chi connectivity index (χ3n) is 3.07. The minimum atomic E-state index is 0. The molecule has 2 heterocycles. The Balaban J connectivity index is 0.00000242. The van der Waals surface area contributed by atoms with E-state index in [9.17, 15) is 0 Å². The molecule has 0 saturated carbocycles. The van der Waals surface area contributed by atoms with Crippen molar-refractivity contribution in [3.63, 3.8) is 0 Å². The van der Waals surface area contributed by atoms with Crippen LogP contribution in [-0.2, 0) is 13.0 Å². The van der Waals surface area contributed by atoms with Crippen molar-refractivity contribution >= 4 is 52.6 Å². The van der Waals surface area contributed by atoms with E-state index in [1.54, 1.807) is 18.4 Å². The topological polar surface area (TPSA) is 49.3 Å². The zero-order valence-corrected chi connectivity index (χ0v) is 17.1. The third-order valence-corrected chi connectivity index (χ3v) is 4.88. The molecular weight excluding hydrogens is 427 g/mol. The van der Waals surface area contributed by atoms with Crippen molar-refractivity contribution in [2.24, 2.45) is 10.9 Å². The van der Waals surface area contributed by atoms with Gasteiger partial charge in [0.25, 0.3) is 0 Å². The minimum Gasteiger partial charge on any atom is -0.356 e. The van der Waals surface area contributed by atoms with Gasteiger partial charge in [-0.1, -0.05) is 13.0 Å². The molecule has 1 unspecified atom stereocenters. The molecule has 1 atom stereocenters. The SMILES string of the molecule is CN=C(NCc1cnc(C)s1)NCC(C)Cc1cccs1.I. The number of aliphatic imine (C=N–C) groups is 1. The monoisotopic (exact) mass is 450 g/mol. The number of thiophene rings is 1. The molecular formula is C15H23IN4S2. The van der Waals surface area contributed by atoms with Crippen LogP contribution in [0.3, 0.4) is 0 Å². The third kappa shape index (κ3) is 6.62. The Kier molecular flexibility index (Phi) is 8.96. The highest BCUT2D eigenvalue weighted by Crippen LogP contribution is 2.14. The van der Waals surface area contributed by atoms with Gasteiger partial charge in [0, 0.05) is 29.5 Å². The fourth-order valence-corrected chi connectivity index (χ4v) is 3.60. The van der Waals surface area contributed by atoms with Crippen LogP contribution in [0, 0.1) is 12.8 Å². The molecule has 0 aromatic carbocycles. The molecule has 2 N–H and O–H groups in total. The van der Waals surface area contributed by atoms with Gasteiger partial charge in [0.1, 0.15) is 0 Å². The van der Waals surface area contributed by atoms with E-state index in [-0.39, 0.29) is 24.0 Å². The molecule has 0 spiro atoms. The van der Waals surface area contributed by atoms with E-state index in [0.717, 1.165) is 30.5 Å². The van der Waals surface area contributed by atoms with Crippen LogP contribution in [0.1, 0.15) is 21.7 Å². The molecule has 0 aliphatic rings. The Morgan fingerprint density at radius 3 is 2.77 bits per heavy atom. The Morgan fingerprint density at radius 1 is 1.36 bits per heavy atom. The summed E-state index contributed by atoms with van der Waals surface area (Å²) in [4.78, 5) is 11.2. The van der Waals surface area contributed by atoms with Crippen molar-refractivity contribution in [1.29, 1.82) is 0 Å². The van der Waals surface area contributed by atoms with Crippen molar-refractivity contribution in [3.8, 4) is 0 Å². The second-order valence-electron chi connectivity index (χ2n) is 5.04. The van der Waals surface area contributed by atoms with E-state index in [2.05, 4.69) is 45.0 Å². The summed E-state index contributed by atoms with van der Waals surface area (Å²) in [5.41, 5.74) is 0. The van der Waals surface area contributed by atoms with Crippen LogP contribution in [0.4, 0.5) is 0 Å². The molecule has 0 radical (unpaired) electrons. The summed E-state index contributed by atoms with van der Waals surface area (Å²) in [7, 11) is 1.80. The number of hydrogen-bond donors (Lipinski definition) is 2. The van der Waals surface area contributed by atoms with E-state index in [4.69, 9.17) is 0 Å². The molecule has 0 bridgehead atoms. The first kappa shape index (κ1) is 19.4. The van der Waals surface area contributed by atoms with Crippen molar-refractivity contribution in [3.05, 3.63) is 38.5 Å². The summed E-state index contributed by atoms with van der Waals surface area (Å²) in [5.74, 6) is 1.42. The van der Waals surface area contributed by atoms with Crippen molar-refractivity contribution < 1.29 is 0 Å². The van der Waals surface area contributed by atoms with E-state index in [1.807, 2.05) is 24.5 Å². The maximum Gasteiger partial charge on any atom is 0.191 e. The van der Waals surface area contributed by atoms with E-state index in [0.29, 0.717) is 5.92 Å². The summed E-state index contributed by atoms with van der Waals surface area (Å²) in [6, 6.07) is 4.30. The molecule has 0 aliphatic carbocycles. The van der Waals surface area contributed by atoms with Gasteiger partial charge in [-0.3, -0.25) is 4.99 Å². The van der Waals surface area contributed by atoms with Gasteiger partial charge in [0.15, 0.2) is 5.96 Å². The molecule has 0 aliphatic heterocycles. The zero-order valence-electron chi connectivity index (χ0n) is 13.1. The van der Waals surface area contributed by atoms with Crippen LogP contribution < -0.4 is 10.6 Å². The molecule has 2 aromatic heterocycles. The smallest absolute Gasteiger partial charge is 0.191 e. The maximum atomic E-state index is 4.26. The van der Waals surface area contributed by atoms with Crippen LogP contribution in [0.5, 0.6) is 0 Å². The standard InChI is InChI=1S/C15H22N4S2.HI/c1-11(7-13-5-4-6-20-13)8-18-15(16-3)19-10-14-9-17-12(2)21-14;/h4-6,9,11H,7-8,10H2,1-3H3,(H2,16,18,19);1H. The molecule has 7 heteroatoms. The molecule has 0 fully saturated rings. The number of aromatic nitrogens is 1. The summed E-state index contributed by atoms with van der Waals surface area (Å²) in [6.45, 7) is 5.96. The number of rotatable bonds is 6. The Morgan fingerprint density at radius 2 is 2.18 bits per heavy atom. The first-order chi connectivity index (χ1) is 10.2. The number of halogens is 1. The van der Waals surface area contributed by atoms with Gasteiger partial charge >= 0.3 is 0 Å². The molecule has 2 rings (SSSR count). The van der Waals surface area contributed by atoms with Crippen molar-refractivity contribution in [2.75, 3.05) is 13.6 Å². The second kappa shape index (κ2) is 10.2. The Bertz CT molecular complexity index is 566. The molecule has 4 nitrogen and oxygen atoms in total. The molecule has 22 heavy (non-hydrogen) atoms. The highest BCUT2D eigenvalue weighted by molar-refractivity contribution is 14.0.